The van der Waals surface area contributed by atoms with Gasteiger partial charge in [-0.3, -0.25) is 0 Å². The van der Waals surface area contributed by atoms with Crippen molar-refractivity contribution in [2.45, 2.75) is 25.4 Å². The summed E-state index contributed by atoms with van der Waals surface area (Å²) in [5.74, 6) is 0. The molecule has 0 rings (SSSR count). The first kappa shape index (κ1) is 5.39. The van der Waals surface area contributed by atoms with E-state index < -0.39 is 0 Å². The SMILES string of the molecule is CCC[CH2][Am]. The summed E-state index contributed by atoms with van der Waals surface area (Å²) in [6, 6.07) is 0. The van der Waals surface area contributed by atoms with Gasteiger partial charge in [-0.2, -0.15) is 0 Å². The predicted molar refractivity (Wildman–Crippen MR) is 19.7 cm³/mol. The second-order valence-electron chi connectivity index (χ2n) is 1.04. The molecule has 0 spiro atoms. The van der Waals surface area contributed by atoms with E-state index in [4.69, 9.17) is 0 Å². The van der Waals surface area contributed by atoms with Crippen LogP contribution in [0.2, 0.25) is 5.66 Å². The van der Waals surface area contributed by atoms with E-state index in [1.54, 1.807) is 13.4 Å². The molecular formula is C4H9Am. The Balaban J connectivity index is 2.19. The van der Waals surface area contributed by atoms with Crippen LogP contribution in [0, 0.1) is 13.4 Å². The van der Waals surface area contributed by atoms with Gasteiger partial charge in [0.1, 0.15) is 0 Å². The molecule has 0 aromatic heterocycles. The number of hydrogen-bond donors (Lipinski definition) is 0. The zero-order chi connectivity index (χ0) is 4.12. The molecule has 0 aliphatic carbocycles. The molecule has 0 saturated carbocycles. The van der Waals surface area contributed by atoms with E-state index in [1.807, 2.05) is 0 Å². The van der Waals surface area contributed by atoms with E-state index in [1.165, 1.54) is 18.5 Å². The van der Waals surface area contributed by atoms with Crippen molar-refractivity contribution in [1.82, 2.24) is 0 Å². The monoisotopic (exact) mass is 298 g/mol. The van der Waals surface area contributed by atoms with Crippen LogP contribution in [0.15, 0.2) is 0 Å². The van der Waals surface area contributed by atoms with Crippen LogP contribution >= 0.6 is 0 Å². The first-order valence-corrected chi connectivity index (χ1v) is 4.20. The topological polar surface area (TPSA) is 0 Å². The van der Waals surface area contributed by atoms with Crippen LogP contribution in [0.5, 0.6) is 0 Å². The molecule has 0 nitrogen and oxygen atoms in total. The van der Waals surface area contributed by atoms with E-state index in [0.29, 0.717) is 0 Å². The van der Waals surface area contributed by atoms with Crippen molar-refractivity contribution < 1.29 is 13.4 Å². The number of unbranched alkanes of at least 4 members (excludes halogenated alkanes) is 1. The van der Waals surface area contributed by atoms with Gasteiger partial charge < -0.3 is 0 Å². The van der Waals surface area contributed by atoms with Gasteiger partial charge in [0.25, 0.3) is 0 Å². The number of hydrogen-bond acceptors (Lipinski definition) is 0. The van der Waals surface area contributed by atoms with Gasteiger partial charge in [0.15, 0.2) is 0 Å². The molecule has 32 valence electrons. The van der Waals surface area contributed by atoms with E-state index in [9.17, 15) is 0 Å². The van der Waals surface area contributed by atoms with Crippen LogP contribution in [0.25, 0.3) is 0 Å². The van der Waals surface area contributed by atoms with Gasteiger partial charge in [-0.05, 0) is 0 Å². The van der Waals surface area contributed by atoms with Crippen LogP contribution in [0.3, 0.4) is 0 Å². The van der Waals surface area contributed by atoms with Crippen molar-refractivity contribution in [3.63, 3.8) is 0 Å². The maximum atomic E-state index is 2.23. The molecule has 0 atom stereocenters. The third-order valence-corrected chi connectivity index (χ3v) is 1.60. The Morgan fingerprint density at radius 2 is 2.20 bits per heavy atom. The van der Waals surface area contributed by atoms with Gasteiger partial charge in [0.2, 0.25) is 0 Å². The molecule has 0 fully saturated rings. The third kappa shape index (κ3) is 4.39. The standard InChI is InChI=1S/C4H9.Am/c1-3-4-2;/h1,3-4H2,2H3;. The van der Waals surface area contributed by atoms with Crippen LogP contribution < -0.4 is 0 Å². The molecule has 0 aliphatic rings. The molecule has 0 saturated heterocycles. The van der Waals surface area contributed by atoms with Crippen LogP contribution in [0.1, 0.15) is 19.8 Å². The minimum absolute atomic E-state index is 1.37. The van der Waals surface area contributed by atoms with Crippen molar-refractivity contribution in [3.05, 3.63) is 0 Å². The second-order valence-corrected chi connectivity index (χ2v) is 2.62. The predicted octanol–water partition coefficient (Wildman–Crippen LogP) is 1.75. The molecule has 0 aliphatic heterocycles. The van der Waals surface area contributed by atoms with Gasteiger partial charge in [0.05, 0.1) is 0 Å². The molecule has 0 aromatic carbocycles. The molecule has 1 heteroatoms. The van der Waals surface area contributed by atoms with Gasteiger partial charge in [0, 0.05) is 0 Å². The van der Waals surface area contributed by atoms with E-state index >= 15 is 0 Å². The Morgan fingerprint density at radius 3 is 2.20 bits per heavy atom. The summed E-state index contributed by atoms with van der Waals surface area (Å²) >= 11 is 1.58. The molecule has 0 aromatic rings. The van der Waals surface area contributed by atoms with Gasteiger partial charge >= 0.3 is 38.8 Å². The average molecular weight is 300 g/mol. The second kappa shape index (κ2) is 4.39. The Bertz CT molecular complexity index is 11.1. The van der Waals surface area contributed by atoms with Crippen molar-refractivity contribution >= 4 is 0 Å². The molecule has 0 heterocycles. The summed E-state index contributed by atoms with van der Waals surface area (Å²) in [5, 5.41) is 0. The van der Waals surface area contributed by atoms with Crippen molar-refractivity contribution in [2.24, 2.45) is 0 Å². The van der Waals surface area contributed by atoms with Gasteiger partial charge in [-0.1, -0.05) is 0 Å². The fourth-order valence-electron chi connectivity index (χ4n) is 0.134. The Labute approximate surface area is 39.6 Å². The first-order chi connectivity index (χ1) is 2.41. The fraction of sp³-hybridized carbons (Fsp3) is 1.00. The van der Waals surface area contributed by atoms with Crippen molar-refractivity contribution in [2.75, 3.05) is 0 Å². The van der Waals surface area contributed by atoms with Crippen molar-refractivity contribution in [1.29, 1.82) is 0 Å². The summed E-state index contributed by atoms with van der Waals surface area (Å²) in [6.45, 7) is 2.23. The first-order valence-electron chi connectivity index (χ1n) is 1.97. The zero-order valence-corrected chi connectivity index (χ0v) is 6.65. The molecule has 0 radical (unpaired) electrons. The van der Waals surface area contributed by atoms with Crippen LogP contribution in [-0.2, 0) is 0 Å². The minimum atomic E-state index is 1.37. The third-order valence-electron chi connectivity index (χ3n) is 0.487. The summed E-state index contributed by atoms with van der Waals surface area (Å²) in [5.41, 5.74) is 1.45. The molecule has 0 bridgehead atoms. The molecule has 5 heavy (non-hydrogen) atoms. The molecular weight excluding hydrogens is 291 g/mol. The van der Waals surface area contributed by atoms with Crippen LogP contribution in [0.4, 0.5) is 0 Å². The van der Waals surface area contributed by atoms with Crippen LogP contribution in [-0.4, -0.2) is 0 Å². The summed E-state index contributed by atoms with van der Waals surface area (Å²) in [4.78, 5) is 0. The average Bonchev–Trinajstić information content (AvgIpc) is 1.41. The summed E-state index contributed by atoms with van der Waals surface area (Å²) < 4.78 is 0. The van der Waals surface area contributed by atoms with Gasteiger partial charge in [-0.15, -0.1) is 0 Å². The Morgan fingerprint density at radius 1 is 1.60 bits per heavy atom. The quantitative estimate of drug-likeness (QED) is 0.729. The Hall–Kier alpha value is 0.390. The Kier molecular flexibility index (Phi) is 4.73. The summed E-state index contributed by atoms with van der Waals surface area (Å²) in [7, 11) is 0. The van der Waals surface area contributed by atoms with Crippen molar-refractivity contribution in [3.8, 4) is 0 Å². The van der Waals surface area contributed by atoms with E-state index in [-0.39, 0.29) is 0 Å². The maximum absolute atomic E-state index is 2.23. The molecule has 0 N–H and O–H groups in total. The molecule has 0 unspecified atom stereocenters. The summed E-state index contributed by atoms with van der Waals surface area (Å²) in [6.07, 6.45) is 2.81. The zero-order valence-electron chi connectivity index (χ0n) is 3.50. The van der Waals surface area contributed by atoms with E-state index in [0.717, 1.165) is 0 Å². The molecule has 0 amide bonds. The fourth-order valence-corrected chi connectivity index (χ4v) is 1.25. The van der Waals surface area contributed by atoms with Gasteiger partial charge in [-0.25, -0.2) is 0 Å². The number of rotatable bonds is 2. The van der Waals surface area contributed by atoms with E-state index in [2.05, 4.69) is 6.92 Å². The normalized spacial score (nSPS) is 8.60.